The van der Waals surface area contributed by atoms with Crippen LogP contribution in [0.4, 0.5) is 0 Å². The Morgan fingerprint density at radius 3 is 1.16 bits per heavy atom. The molecule has 0 aromatic carbocycles. The minimum absolute atomic E-state index is 0. The molecule has 0 aliphatic rings. The van der Waals surface area contributed by atoms with E-state index in [1.54, 1.807) is 0 Å². The average Bonchev–Trinajstić information content (AvgIpc) is 2.77. The summed E-state index contributed by atoms with van der Waals surface area (Å²) in [5.41, 5.74) is 7.43. The van der Waals surface area contributed by atoms with Gasteiger partial charge in [-0.1, -0.05) is 156 Å². The SMILES string of the molecule is CCCCCCCCC(CCCC)C(N)(CCCCCCCC)CCCCCCCC.O. The first kappa shape index (κ1) is 34.1. The molecule has 0 rings (SSSR count). The van der Waals surface area contributed by atoms with Crippen LogP contribution in [0.3, 0.4) is 0 Å². The topological polar surface area (TPSA) is 57.5 Å². The van der Waals surface area contributed by atoms with E-state index >= 15 is 0 Å². The van der Waals surface area contributed by atoms with E-state index < -0.39 is 0 Å². The number of rotatable bonds is 25. The van der Waals surface area contributed by atoms with E-state index in [9.17, 15) is 0 Å². The first-order valence-electron chi connectivity index (χ1n) is 14.9. The average molecular weight is 456 g/mol. The first-order valence-corrected chi connectivity index (χ1v) is 14.9. The Labute approximate surface area is 204 Å². The zero-order chi connectivity index (χ0) is 23.0. The Kier molecular flexibility index (Phi) is 27.2. The van der Waals surface area contributed by atoms with Gasteiger partial charge < -0.3 is 11.2 Å². The maximum Gasteiger partial charge on any atom is 0.0182 e. The fraction of sp³-hybridized carbons (Fsp3) is 1.00. The van der Waals surface area contributed by atoms with Crippen molar-refractivity contribution in [1.82, 2.24) is 0 Å². The minimum atomic E-state index is 0. The highest BCUT2D eigenvalue weighted by Crippen LogP contribution is 2.35. The van der Waals surface area contributed by atoms with Gasteiger partial charge >= 0.3 is 0 Å². The van der Waals surface area contributed by atoms with E-state index in [0.717, 1.165) is 5.92 Å². The molecule has 0 saturated heterocycles. The molecule has 0 aliphatic carbocycles. The van der Waals surface area contributed by atoms with Crippen molar-refractivity contribution >= 4 is 0 Å². The van der Waals surface area contributed by atoms with Gasteiger partial charge in [0, 0.05) is 5.54 Å². The second-order valence-corrected chi connectivity index (χ2v) is 10.7. The van der Waals surface area contributed by atoms with Gasteiger partial charge in [-0.05, 0) is 31.6 Å². The summed E-state index contributed by atoms with van der Waals surface area (Å²) in [5, 5.41) is 0. The molecule has 0 bridgehead atoms. The molecular formula is C30H65NO. The molecule has 0 heterocycles. The third-order valence-electron chi connectivity index (χ3n) is 7.62. The molecule has 2 nitrogen and oxygen atoms in total. The van der Waals surface area contributed by atoms with Crippen LogP contribution in [0.2, 0.25) is 0 Å². The van der Waals surface area contributed by atoms with Crippen molar-refractivity contribution in [3.05, 3.63) is 0 Å². The normalized spacial score (nSPS) is 12.7. The van der Waals surface area contributed by atoms with E-state index in [1.807, 2.05) is 0 Å². The molecule has 0 spiro atoms. The van der Waals surface area contributed by atoms with Crippen molar-refractivity contribution in [3.8, 4) is 0 Å². The molecule has 0 radical (unpaired) electrons. The molecule has 0 aromatic heterocycles. The number of hydrogen-bond donors (Lipinski definition) is 1. The summed E-state index contributed by atoms with van der Waals surface area (Å²) in [5.74, 6) is 0.755. The first-order chi connectivity index (χ1) is 15.1. The van der Waals surface area contributed by atoms with Crippen LogP contribution in [0.5, 0.6) is 0 Å². The van der Waals surface area contributed by atoms with Gasteiger partial charge in [-0.3, -0.25) is 0 Å². The lowest BCUT2D eigenvalue weighted by Crippen LogP contribution is -2.47. The second kappa shape index (κ2) is 25.5. The monoisotopic (exact) mass is 456 g/mol. The number of nitrogens with two attached hydrogens (primary N) is 1. The summed E-state index contributed by atoms with van der Waals surface area (Å²) < 4.78 is 0. The minimum Gasteiger partial charge on any atom is -0.412 e. The smallest absolute Gasteiger partial charge is 0.0182 e. The van der Waals surface area contributed by atoms with E-state index in [2.05, 4.69) is 27.7 Å². The Hall–Kier alpha value is -0.0800. The summed E-state index contributed by atoms with van der Waals surface area (Å²) in [7, 11) is 0. The highest BCUT2D eigenvalue weighted by Gasteiger charge is 2.33. The van der Waals surface area contributed by atoms with Crippen LogP contribution in [-0.2, 0) is 0 Å². The Bertz CT molecular complexity index is 328. The van der Waals surface area contributed by atoms with Gasteiger partial charge in [0.2, 0.25) is 0 Å². The van der Waals surface area contributed by atoms with Crippen LogP contribution in [-0.4, -0.2) is 11.0 Å². The van der Waals surface area contributed by atoms with E-state index in [0.29, 0.717) is 0 Å². The van der Waals surface area contributed by atoms with Crippen LogP contribution < -0.4 is 5.73 Å². The third kappa shape index (κ3) is 19.4. The predicted molar refractivity (Wildman–Crippen MR) is 148 cm³/mol. The fourth-order valence-electron chi connectivity index (χ4n) is 5.34. The van der Waals surface area contributed by atoms with Crippen molar-refractivity contribution in [3.63, 3.8) is 0 Å². The molecule has 0 aliphatic heterocycles. The highest BCUT2D eigenvalue weighted by atomic mass is 16.0. The zero-order valence-corrected chi connectivity index (χ0v) is 23.1. The molecule has 0 amide bonds. The standard InChI is InChI=1S/C30H63N.H2O/c1-5-9-13-16-19-22-26-29(25-12-8-4)30(31,27-23-20-17-14-10-6-2)28-24-21-18-15-11-7-3;/h29H,5-28,31H2,1-4H3;1H2. The van der Waals surface area contributed by atoms with Crippen LogP contribution in [0.25, 0.3) is 0 Å². The van der Waals surface area contributed by atoms with Crippen LogP contribution in [0.15, 0.2) is 0 Å². The van der Waals surface area contributed by atoms with Gasteiger partial charge in [-0.25, -0.2) is 0 Å². The van der Waals surface area contributed by atoms with Crippen LogP contribution in [0, 0.1) is 5.92 Å². The van der Waals surface area contributed by atoms with Gasteiger partial charge in [0.05, 0.1) is 0 Å². The third-order valence-corrected chi connectivity index (χ3v) is 7.62. The summed E-state index contributed by atoms with van der Waals surface area (Å²) in [4.78, 5) is 0. The van der Waals surface area contributed by atoms with E-state index in [-0.39, 0.29) is 11.0 Å². The molecule has 0 fully saturated rings. The molecular weight excluding hydrogens is 390 g/mol. The lowest BCUT2D eigenvalue weighted by Gasteiger charge is -2.39. The summed E-state index contributed by atoms with van der Waals surface area (Å²) in [6, 6.07) is 0. The molecule has 32 heavy (non-hydrogen) atoms. The van der Waals surface area contributed by atoms with Crippen molar-refractivity contribution < 1.29 is 5.48 Å². The molecule has 1 atom stereocenters. The quantitative estimate of drug-likeness (QED) is 0.137. The molecule has 4 N–H and O–H groups in total. The molecule has 0 aromatic rings. The van der Waals surface area contributed by atoms with Gasteiger partial charge in [0.1, 0.15) is 0 Å². The van der Waals surface area contributed by atoms with Gasteiger partial charge in [-0.15, -0.1) is 0 Å². The maximum absolute atomic E-state index is 7.33. The van der Waals surface area contributed by atoms with Gasteiger partial charge in [-0.2, -0.15) is 0 Å². The second-order valence-electron chi connectivity index (χ2n) is 10.7. The van der Waals surface area contributed by atoms with Crippen LogP contribution >= 0.6 is 0 Å². The summed E-state index contributed by atoms with van der Waals surface area (Å²) >= 11 is 0. The van der Waals surface area contributed by atoms with Gasteiger partial charge in [0.15, 0.2) is 0 Å². The maximum atomic E-state index is 7.33. The largest absolute Gasteiger partial charge is 0.412 e. The van der Waals surface area contributed by atoms with E-state index in [4.69, 9.17) is 5.73 Å². The lowest BCUT2D eigenvalue weighted by molar-refractivity contribution is 0.190. The summed E-state index contributed by atoms with van der Waals surface area (Å²) in [6.45, 7) is 9.29. The lowest BCUT2D eigenvalue weighted by atomic mass is 9.72. The molecule has 0 saturated carbocycles. The van der Waals surface area contributed by atoms with Crippen molar-refractivity contribution in [2.45, 2.75) is 187 Å². The van der Waals surface area contributed by atoms with Crippen molar-refractivity contribution in [2.75, 3.05) is 0 Å². The van der Waals surface area contributed by atoms with E-state index in [1.165, 1.54) is 154 Å². The van der Waals surface area contributed by atoms with Gasteiger partial charge in [0.25, 0.3) is 0 Å². The Balaban J connectivity index is 0. The predicted octanol–water partition coefficient (Wildman–Crippen LogP) is 9.92. The molecule has 196 valence electrons. The highest BCUT2D eigenvalue weighted by molar-refractivity contribution is 4.91. The number of hydrogen-bond acceptors (Lipinski definition) is 1. The van der Waals surface area contributed by atoms with Crippen molar-refractivity contribution in [2.24, 2.45) is 11.7 Å². The van der Waals surface area contributed by atoms with Crippen molar-refractivity contribution in [1.29, 1.82) is 0 Å². The Morgan fingerprint density at radius 1 is 0.438 bits per heavy atom. The fourth-order valence-corrected chi connectivity index (χ4v) is 5.34. The summed E-state index contributed by atoms with van der Waals surface area (Å²) in [6.07, 6.45) is 33.1. The van der Waals surface area contributed by atoms with Crippen LogP contribution in [0.1, 0.15) is 182 Å². The Morgan fingerprint density at radius 2 is 0.750 bits per heavy atom. The molecule has 2 heteroatoms. The molecule has 1 unspecified atom stereocenters. The zero-order valence-electron chi connectivity index (χ0n) is 23.1. The number of unbranched alkanes of at least 4 members (excludes halogenated alkanes) is 16.